The van der Waals surface area contributed by atoms with Crippen LogP contribution in [0.4, 0.5) is 5.69 Å². The van der Waals surface area contributed by atoms with Gasteiger partial charge in [0.05, 0.1) is 19.1 Å². The first-order chi connectivity index (χ1) is 17.2. The van der Waals surface area contributed by atoms with Crippen molar-refractivity contribution in [3.63, 3.8) is 0 Å². The minimum absolute atomic E-state index is 0.0199. The molecule has 0 radical (unpaired) electrons. The van der Waals surface area contributed by atoms with Crippen LogP contribution >= 0.6 is 0 Å². The molecular weight excluding hydrogens is 448 g/mol. The molecule has 1 heterocycles. The van der Waals surface area contributed by atoms with Crippen LogP contribution in [-0.4, -0.2) is 30.4 Å². The Kier molecular flexibility index (Phi) is 7.48. The number of methoxy groups -OCH3 is 1. The number of hydrogen-bond donors (Lipinski definition) is 1. The van der Waals surface area contributed by atoms with Crippen LogP contribution in [0.15, 0.2) is 72.8 Å². The van der Waals surface area contributed by atoms with E-state index in [1.807, 2.05) is 78.6 Å². The van der Waals surface area contributed by atoms with Gasteiger partial charge in [0.1, 0.15) is 5.75 Å². The zero-order chi connectivity index (χ0) is 25.9. The Hall–Kier alpha value is -3.60. The molecule has 4 rings (SSSR count). The largest absolute Gasteiger partial charge is 0.497 e. The molecule has 1 fully saturated rings. The maximum atomic E-state index is 13.8. The second kappa shape index (κ2) is 10.6. The van der Waals surface area contributed by atoms with E-state index in [4.69, 9.17) is 4.74 Å². The molecule has 5 nitrogen and oxygen atoms in total. The average Bonchev–Trinajstić information content (AvgIpc) is 2.88. The topological polar surface area (TPSA) is 58.6 Å². The summed E-state index contributed by atoms with van der Waals surface area (Å²) in [5.41, 5.74) is 4.46. The Labute approximate surface area is 214 Å². The van der Waals surface area contributed by atoms with Crippen molar-refractivity contribution in [2.75, 3.05) is 19.0 Å². The maximum absolute atomic E-state index is 13.8. The van der Waals surface area contributed by atoms with Crippen LogP contribution in [0.2, 0.25) is 0 Å². The highest BCUT2D eigenvalue weighted by Gasteiger charge is 2.40. The molecule has 0 aliphatic carbocycles. The standard InChI is InChI=1S/C31H36N2O3/c1-21-10-6-7-13-26(21)30(35)33-19-9-14-27(28(33)22-15-17-25(36-5)18-16-22)29(34)32-24-12-8-11-23(20-24)31(2,3)4/h6-8,10-13,15-18,20,27-28H,9,14,19H2,1-5H3,(H,32,34)/t27-,28-/m0/s1. The van der Waals surface area contributed by atoms with Crippen LogP contribution in [-0.2, 0) is 10.2 Å². The summed E-state index contributed by atoms with van der Waals surface area (Å²) in [7, 11) is 1.63. The molecule has 1 aliphatic heterocycles. The van der Waals surface area contributed by atoms with E-state index >= 15 is 0 Å². The predicted molar refractivity (Wildman–Crippen MR) is 144 cm³/mol. The molecule has 2 amide bonds. The molecule has 1 aliphatic rings. The first-order valence-electron chi connectivity index (χ1n) is 12.6. The van der Waals surface area contributed by atoms with Crippen molar-refractivity contribution in [1.29, 1.82) is 0 Å². The van der Waals surface area contributed by atoms with Gasteiger partial charge in [0.2, 0.25) is 5.91 Å². The second-order valence-corrected chi connectivity index (χ2v) is 10.6. The molecule has 3 aromatic carbocycles. The number of nitrogens with one attached hydrogen (secondary N) is 1. The molecule has 36 heavy (non-hydrogen) atoms. The minimum atomic E-state index is -0.376. The summed E-state index contributed by atoms with van der Waals surface area (Å²) < 4.78 is 5.35. The molecule has 0 unspecified atom stereocenters. The molecule has 1 saturated heterocycles. The first-order valence-corrected chi connectivity index (χ1v) is 12.6. The van der Waals surface area contributed by atoms with E-state index in [1.54, 1.807) is 7.11 Å². The molecule has 188 valence electrons. The van der Waals surface area contributed by atoms with E-state index in [2.05, 4.69) is 32.2 Å². The quantitative estimate of drug-likeness (QED) is 0.448. The number of benzene rings is 3. The van der Waals surface area contributed by atoms with Gasteiger partial charge in [0, 0.05) is 17.8 Å². The van der Waals surface area contributed by atoms with E-state index in [1.165, 1.54) is 0 Å². The van der Waals surface area contributed by atoms with Gasteiger partial charge in [-0.2, -0.15) is 0 Å². The average molecular weight is 485 g/mol. The Morgan fingerprint density at radius 3 is 2.36 bits per heavy atom. The van der Waals surface area contributed by atoms with Crippen LogP contribution in [0.1, 0.15) is 66.7 Å². The van der Waals surface area contributed by atoms with Crippen LogP contribution < -0.4 is 10.1 Å². The third-order valence-corrected chi connectivity index (χ3v) is 7.06. The molecule has 0 bridgehead atoms. The summed E-state index contributed by atoms with van der Waals surface area (Å²) in [6.07, 6.45) is 1.48. The predicted octanol–water partition coefficient (Wildman–Crippen LogP) is 6.53. The summed E-state index contributed by atoms with van der Waals surface area (Å²) in [5.74, 6) is 0.259. The van der Waals surface area contributed by atoms with E-state index in [9.17, 15) is 9.59 Å². The molecule has 2 atom stereocenters. The van der Waals surface area contributed by atoms with E-state index in [0.29, 0.717) is 18.5 Å². The highest BCUT2D eigenvalue weighted by atomic mass is 16.5. The van der Waals surface area contributed by atoms with Crippen molar-refractivity contribution in [1.82, 2.24) is 4.90 Å². The van der Waals surface area contributed by atoms with Crippen molar-refractivity contribution in [2.24, 2.45) is 5.92 Å². The number of nitrogens with zero attached hydrogens (tertiary/aromatic N) is 1. The van der Waals surface area contributed by atoms with Crippen LogP contribution in [0.25, 0.3) is 0 Å². The second-order valence-electron chi connectivity index (χ2n) is 10.6. The highest BCUT2D eigenvalue weighted by Crippen LogP contribution is 2.39. The number of carbonyl (C=O) groups excluding carboxylic acids is 2. The lowest BCUT2D eigenvalue weighted by molar-refractivity contribution is -0.123. The van der Waals surface area contributed by atoms with Crippen molar-refractivity contribution in [3.05, 3.63) is 95.1 Å². The highest BCUT2D eigenvalue weighted by molar-refractivity contribution is 5.98. The zero-order valence-corrected chi connectivity index (χ0v) is 21.9. The third-order valence-electron chi connectivity index (χ3n) is 7.06. The van der Waals surface area contributed by atoms with Crippen LogP contribution in [0.3, 0.4) is 0 Å². The van der Waals surface area contributed by atoms with Gasteiger partial charge in [0.15, 0.2) is 0 Å². The van der Waals surface area contributed by atoms with Crippen LogP contribution in [0, 0.1) is 12.8 Å². The SMILES string of the molecule is COc1ccc([C@H]2[C@@H](C(=O)Nc3cccc(C(C)(C)C)c3)CCCN2C(=O)c2ccccc2C)cc1. The summed E-state index contributed by atoms with van der Waals surface area (Å²) in [6, 6.07) is 23.0. The molecule has 0 spiro atoms. The van der Waals surface area contributed by atoms with Crippen LogP contribution in [0.5, 0.6) is 5.75 Å². The van der Waals surface area contributed by atoms with Gasteiger partial charge < -0.3 is 15.0 Å². The maximum Gasteiger partial charge on any atom is 0.254 e. The smallest absolute Gasteiger partial charge is 0.254 e. The van der Waals surface area contributed by atoms with Gasteiger partial charge in [0.25, 0.3) is 5.91 Å². The van der Waals surface area contributed by atoms with Crippen molar-refractivity contribution in [3.8, 4) is 5.75 Å². The summed E-state index contributed by atoms with van der Waals surface area (Å²) in [4.78, 5) is 29.4. The van der Waals surface area contributed by atoms with E-state index < -0.39 is 0 Å². The normalized spacial score (nSPS) is 18.0. The lowest BCUT2D eigenvalue weighted by Gasteiger charge is -2.41. The monoisotopic (exact) mass is 484 g/mol. The van der Waals surface area contributed by atoms with Crippen molar-refractivity contribution >= 4 is 17.5 Å². The van der Waals surface area contributed by atoms with Crippen molar-refractivity contribution in [2.45, 2.75) is 52.0 Å². The Bertz CT molecular complexity index is 1230. The lowest BCUT2D eigenvalue weighted by atomic mass is 9.83. The summed E-state index contributed by atoms with van der Waals surface area (Å²) in [6.45, 7) is 9.02. The van der Waals surface area contributed by atoms with E-state index in [0.717, 1.165) is 34.5 Å². The molecule has 5 heteroatoms. The van der Waals surface area contributed by atoms with Gasteiger partial charge in [-0.05, 0) is 72.2 Å². The fourth-order valence-electron chi connectivity index (χ4n) is 4.98. The number of carbonyl (C=O) groups is 2. The summed E-state index contributed by atoms with van der Waals surface area (Å²) in [5, 5.41) is 3.16. The number of amides is 2. The number of rotatable bonds is 5. The number of piperidine rings is 1. The molecule has 3 aromatic rings. The van der Waals surface area contributed by atoms with Gasteiger partial charge in [-0.25, -0.2) is 0 Å². The van der Waals surface area contributed by atoms with Gasteiger partial charge in [-0.1, -0.05) is 63.2 Å². The number of ether oxygens (including phenoxy) is 1. The number of aryl methyl sites for hydroxylation is 1. The Balaban J connectivity index is 1.69. The third kappa shape index (κ3) is 5.46. The Morgan fingerprint density at radius 2 is 1.69 bits per heavy atom. The first kappa shape index (κ1) is 25.5. The fourth-order valence-corrected chi connectivity index (χ4v) is 4.98. The van der Waals surface area contributed by atoms with Gasteiger partial charge in [-0.3, -0.25) is 9.59 Å². The number of likely N-dealkylation sites (tertiary alicyclic amines) is 1. The number of anilines is 1. The van der Waals surface area contributed by atoms with Crippen molar-refractivity contribution < 1.29 is 14.3 Å². The molecular formula is C31H36N2O3. The van der Waals surface area contributed by atoms with Gasteiger partial charge >= 0.3 is 0 Å². The molecule has 1 N–H and O–H groups in total. The molecule has 0 saturated carbocycles. The minimum Gasteiger partial charge on any atom is -0.497 e. The summed E-state index contributed by atoms with van der Waals surface area (Å²) >= 11 is 0. The van der Waals surface area contributed by atoms with Gasteiger partial charge in [-0.15, -0.1) is 0 Å². The number of hydrogen-bond acceptors (Lipinski definition) is 3. The Morgan fingerprint density at radius 1 is 0.972 bits per heavy atom. The van der Waals surface area contributed by atoms with E-state index in [-0.39, 0.29) is 29.2 Å². The molecule has 0 aromatic heterocycles. The lowest BCUT2D eigenvalue weighted by Crippen LogP contribution is -2.46. The fraction of sp³-hybridized carbons (Fsp3) is 0.355. The zero-order valence-electron chi connectivity index (χ0n) is 21.9.